The number of rotatable bonds is 2. The van der Waals surface area contributed by atoms with Crippen molar-refractivity contribution in [3.8, 4) is 0 Å². The van der Waals surface area contributed by atoms with E-state index in [9.17, 15) is 26.4 Å². The first-order chi connectivity index (χ1) is 8.94. The van der Waals surface area contributed by atoms with Gasteiger partial charge in [0.2, 0.25) is 0 Å². The third-order valence-electron chi connectivity index (χ3n) is 3.52. The summed E-state index contributed by atoms with van der Waals surface area (Å²) in [7, 11) is -5.68. The maximum Gasteiger partial charge on any atom is 0.534 e. The molecule has 0 N–H and O–H groups in total. The number of hydrogen-bond donors (Lipinski definition) is 0. The van der Waals surface area contributed by atoms with E-state index in [1.54, 1.807) is 0 Å². The quantitative estimate of drug-likeness (QED) is 0.581. The minimum Gasteiger partial charge on any atom is -0.381 e. The molecule has 0 spiro atoms. The van der Waals surface area contributed by atoms with Crippen LogP contribution >= 0.6 is 0 Å². The van der Waals surface area contributed by atoms with E-state index in [-0.39, 0.29) is 29.8 Å². The summed E-state index contributed by atoms with van der Waals surface area (Å²) in [6, 6.07) is 0. The average Bonchev–Trinajstić information content (AvgIpc) is 2.47. The van der Waals surface area contributed by atoms with Crippen LogP contribution in [0.2, 0.25) is 0 Å². The molecule has 0 aromatic heterocycles. The second-order valence-electron chi connectivity index (χ2n) is 5.52. The molecule has 0 radical (unpaired) electrons. The summed E-state index contributed by atoms with van der Waals surface area (Å²) < 4.78 is 62.6. The first-order valence-corrected chi connectivity index (χ1v) is 7.29. The predicted molar refractivity (Wildman–Crippen MR) is 63.7 cm³/mol. The van der Waals surface area contributed by atoms with Gasteiger partial charge in [0.1, 0.15) is 11.5 Å². The van der Waals surface area contributed by atoms with Crippen LogP contribution in [0.15, 0.2) is 23.5 Å². The molecule has 0 amide bonds. The predicted octanol–water partition coefficient (Wildman–Crippen LogP) is 2.68. The fraction of sp³-hybridized carbons (Fsp3) is 0.583. The van der Waals surface area contributed by atoms with Crippen LogP contribution < -0.4 is 0 Å². The Morgan fingerprint density at radius 2 is 1.90 bits per heavy atom. The highest BCUT2D eigenvalue weighted by Gasteiger charge is 2.50. The zero-order chi connectivity index (χ0) is 15.3. The lowest BCUT2D eigenvalue weighted by atomic mass is 9.81. The first kappa shape index (κ1) is 15.1. The van der Waals surface area contributed by atoms with E-state index < -0.39 is 21.5 Å². The van der Waals surface area contributed by atoms with Gasteiger partial charge >= 0.3 is 15.6 Å². The summed E-state index contributed by atoms with van der Waals surface area (Å²) >= 11 is 0. The van der Waals surface area contributed by atoms with Gasteiger partial charge in [0.05, 0.1) is 0 Å². The lowest BCUT2D eigenvalue weighted by molar-refractivity contribution is -0.120. The molecule has 2 rings (SSSR count). The van der Waals surface area contributed by atoms with Gasteiger partial charge in [0.15, 0.2) is 0 Å². The van der Waals surface area contributed by atoms with Gasteiger partial charge in [-0.1, -0.05) is 25.5 Å². The van der Waals surface area contributed by atoms with Crippen molar-refractivity contribution in [1.29, 1.82) is 0 Å². The molecule has 1 atom stereocenters. The number of fused-ring (bicyclic) bond motifs is 1. The number of allylic oxidation sites excluding steroid dienone is 4. The van der Waals surface area contributed by atoms with Gasteiger partial charge in [-0.15, -0.1) is 0 Å². The number of alkyl halides is 3. The van der Waals surface area contributed by atoms with Crippen molar-refractivity contribution in [2.24, 2.45) is 11.3 Å². The monoisotopic (exact) mass is 310 g/mol. The maximum absolute atomic E-state index is 12.2. The molecule has 2 aliphatic rings. The second-order valence-corrected chi connectivity index (χ2v) is 7.06. The summed E-state index contributed by atoms with van der Waals surface area (Å²) in [5, 5.41) is 0. The molecule has 0 aromatic carbocycles. The van der Waals surface area contributed by atoms with E-state index in [0.717, 1.165) is 5.57 Å². The van der Waals surface area contributed by atoms with Gasteiger partial charge in [-0.3, -0.25) is 4.79 Å². The first-order valence-electron chi connectivity index (χ1n) is 5.89. The van der Waals surface area contributed by atoms with Crippen LogP contribution in [0.5, 0.6) is 0 Å². The Labute approximate surface area is 114 Å². The lowest BCUT2D eigenvalue weighted by Crippen LogP contribution is -2.26. The van der Waals surface area contributed by atoms with E-state index in [4.69, 9.17) is 0 Å². The molecule has 0 bridgehead atoms. The second kappa shape index (κ2) is 4.34. The van der Waals surface area contributed by atoms with Crippen LogP contribution in [0, 0.1) is 11.3 Å². The van der Waals surface area contributed by atoms with Crippen molar-refractivity contribution < 1.29 is 30.6 Å². The van der Waals surface area contributed by atoms with E-state index in [1.807, 2.05) is 13.8 Å². The highest BCUT2D eigenvalue weighted by molar-refractivity contribution is 7.87. The van der Waals surface area contributed by atoms with Crippen LogP contribution in [0.3, 0.4) is 0 Å². The van der Waals surface area contributed by atoms with Crippen molar-refractivity contribution >= 4 is 15.9 Å². The molecule has 1 unspecified atom stereocenters. The molecular formula is C12H13F3O4S. The Morgan fingerprint density at radius 3 is 2.45 bits per heavy atom. The van der Waals surface area contributed by atoms with Crippen molar-refractivity contribution in [2.75, 3.05) is 0 Å². The number of hydrogen-bond acceptors (Lipinski definition) is 4. The van der Waals surface area contributed by atoms with Crippen molar-refractivity contribution in [3.05, 3.63) is 23.5 Å². The molecule has 0 aromatic rings. The van der Waals surface area contributed by atoms with E-state index in [0.29, 0.717) is 0 Å². The smallest absolute Gasteiger partial charge is 0.381 e. The number of carbonyl (C=O) groups excluding carboxylic acids is 1. The van der Waals surface area contributed by atoms with Gasteiger partial charge in [-0.25, -0.2) is 0 Å². The zero-order valence-electron chi connectivity index (χ0n) is 10.8. The number of carbonyl (C=O) groups is 1. The molecular weight excluding hydrogens is 297 g/mol. The van der Waals surface area contributed by atoms with Gasteiger partial charge in [-0.05, 0) is 11.5 Å². The summed E-state index contributed by atoms with van der Waals surface area (Å²) in [4.78, 5) is 11.8. The molecule has 20 heavy (non-hydrogen) atoms. The van der Waals surface area contributed by atoms with E-state index in [2.05, 4.69) is 4.18 Å². The number of Topliss-reactive ketones (excluding diaryl/α,β-unsaturated/α-hetero) is 1. The van der Waals surface area contributed by atoms with Gasteiger partial charge in [0.25, 0.3) is 0 Å². The Morgan fingerprint density at radius 1 is 1.30 bits per heavy atom. The highest BCUT2D eigenvalue weighted by atomic mass is 32.2. The molecule has 0 saturated heterocycles. The standard InChI is InChI=1S/C12H13F3O4S/c1-11(2)6-10(16)8-5-7(3-4-9(8)11)19-20(17,18)12(13,14)15/h3-4,8H,5-6H2,1-2H3. The lowest BCUT2D eigenvalue weighted by Gasteiger charge is -2.24. The summed E-state index contributed by atoms with van der Waals surface area (Å²) in [6.07, 6.45) is 2.82. The summed E-state index contributed by atoms with van der Waals surface area (Å²) in [6.45, 7) is 3.73. The van der Waals surface area contributed by atoms with Gasteiger partial charge in [-0.2, -0.15) is 21.6 Å². The number of halogens is 3. The molecule has 4 nitrogen and oxygen atoms in total. The molecule has 2 aliphatic carbocycles. The van der Waals surface area contributed by atoms with Crippen LogP contribution in [0.25, 0.3) is 0 Å². The van der Waals surface area contributed by atoms with Crippen LogP contribution in [-0.4, -0.2) is 19.7 Å². The normalized spacial score (nSPS) is 25.9. The fourth-order valence-electron chi connectivity index (χ4n) is 2.57. The Bertz CT molecular complexity index is 611. The van der Waals surface area contributed by atoms with E-state index in [1.165, 1.54) is 12.2 Å². The SMILES string of the molecule is CC1(C)CC(=O)C2CC(OS(=O)(=O)C(F)(F)F)=CC=C21. The van der Waals surface area contributed by atoms with Crippen LogP contribution in [0.4, 0.5) is 13.2 Å². The highest BCUT2D eigenvalue weighted by Crippen LogP contribution is 2.48. The van der Waals surface area contributed by atoms with Crippen molar-refractivity contribution in [1.82, 2.24) is 0 Å². The fourth-order valence-corrected chi connectivity index (χ4v) is 3.07. The maximum atomic E-state index is 12.2. The summed E-state index contributed by atoms with van der Waals surface area (Å²) in [5.41, 5.74) is -5.03. The Balaban J connectivity index is 2.26. The third-order valence-corrected chi connectivity index (χ3v) is 4.52. The van der Waals surface area contributed by atoms with Crippen LogP contribution in [-0.2, 0) is 19.1 Å². The molecule has 1 saturated carbocycles. The molecule has 8 heteroatoms. The van der Waals surface area contributed by atoms with Crippen molar-refractivity contribution in [2.45, 2.75) is 32.2 Å². The molecule has 0 aliphatic heterocycles. The largest absolute Gasteiger partial charge is 0.534 e. The van der Waals surface area contributed by atoms with Gasteiger partial charge < -0.3 is 4.18 Å². The summed E-state index contributed by atoms with van der Waals surface area (Å²) in [5.74, 6) is -1.06. The molecule has 112 valence electrons. The van der Waals surface area contributed by atoms with Crippen molar-refractivity contribution in [3.63, 3.8) is 0 Å². The minimum atomic E-state index is -5.68. The minimum absolute atomic E-state index is 0.111. The zero-order valence-corrected chi connectivity index (χ0v) is 11.6. The molecule has 1 fully saturated rings. The average molecular weight is 310 g/mol. The van der Waals surface area contributed by atoms with E-state index >= 15 is 0 Å². The topological polar surface area (TPSA) is 60.4 Å². The number of ketones is 1. The Kier molecular flexibility index (Phi) is 3.27. The third kappa shape index (κ3) is 2.48. The van der Waals surface area contributed by atoms with Crippen LogP contribution in [0.1, 0.15) is 26.7 Å². The Hall–Kier alpha value is -1.31. The van der Waals surface area contributed by atoms with Gasteiger partial charge in [0, 0.05) is 18.8 Å². The molecule has 0 heterocycles.